The van der Waals surface area contributed by atoms with Crippen molar-refractivity contribution in [1.82, 2.24) is 0 Å². The van der Waals surface area contributed by atoms with Crippen LogP contribution in [0.5, 0.6) is 5.75 Å². The SMILES string of the molecule is CCOc1cc(NC(CC)CC)c(N)cc1F. The van der Waals surface area contributed by atoms with Gasteiger partial charge in [-0.1, -0.05) is 13.8 Å². The van der Waals surface area contributed by atoms with Gasteiger partial charge >= 0.3 is 0 Å². The molecule has 1 aromatic carbocycles. The van der Waals surface area contributed by atoms with Gasteiger partial charge in [0.15, 0.2) is 11.6 Å². The highest BCUT2D eigenvalue weighted by atomic mass is 19.1. The third kappa shape index (κ3) is 3.51. The van der Waals surface area contributed by atoms with Crippen LogP contribution in [0.4, 0.5) is 15.8 Å². The van der Waals surface area contributed by atoms with Crippen LogP contribution < -0.4 is 15.8 Å². The van der Waals surface area contributed by atoms with E-state index in [0.717, 1.165) is 18.5 Å². The number of nitrogens with two attached hydrogens (primary N) is 1. The number of hydrogen-bond acceptors (Lipinski definition) is 3. The molecule has 0 bridgehead atoms. The molecular formula is C13H21FN2O. The fourth-order valence-corrected chi connectivity index (χ4v) is 1.67. The van der Waals surface area contributed by atoms with Crippen LogP contribution in [-0.4, -0.2) is 12.6 Å². The summed E-state index contributed by atoms with van der Waals surface area (Å²) >= 11 is 0. The molecule has 0 fully saturated rings. The molecule has 0 aliphatic rings. The minimum atomic E-state index is -0.417. The van der Waals surface area contributed by atoms with Gasteiger partial charge in [-0.3, -0.25) is 0 Å². The zero-order chi connectivity index (χ0) is 12.8. The molecule has 3 N–H and O–H groups in total. The Kier molecular flexibility index (Phi) is 5.07. The summed E-state index contributed by atoms with van der Waals surface area (Å²) in [6.45, 7) is 6.46. The Morgan fingerprint density at radius 1 is 1.29 bits per heavy atom. The first-order valence-corrected chi connectivity index (χ1v) is 6.10. The second kappa shape index (κ2) is 6.33. The molecule has 1 aromatic rings. The van der Waals surface area contributed by atoms with Crippen LogP contribution in [0.15, 0.2) is 12.1 Å². The van der Waals surface area contributed by atoms with E-state index in [0.29, 0.717) is 18.3 Å². The van der Waals surface area contributed by atoms with E-state index < -0.39 is 5.82 Å². The number of rotatable bonds is 6. The lowest BCUT2D eigenvalue weighted by Gasteiger charge is -2.18. The zero-order valence-electron chi connectivity index (χ0n) is 10.7. The molecule has 1 rings (SSSR count). The van der Waals surface area contributed by atoms with Crippen molar-refractivity contribution in [3.8, 4) is 5.75 Å². The van der Waals surface area contributed by atoms with E-state index in [4.69, 9.17) is 10.5 Å². The quantitative estimate of drug-likeness (QED) is 0.749. The molecule has 0 heterocycles. The summed E-state index contributed by atoms with van der Waals surface area (Å²) in [5.74, 6) is -0.172. The van der Waals surface area contributed by atoms with Crippen molar-refractivity contribution in [2.24, 2.45) is 0 Å². The predicted octanol–water partition coefficient (Wildman–Crippen LogP) is 3.41. The van der Waals surface area contributed by atoms with Gasteiger partial charge in [0, 0.05) is 18.2 Å². The second-order valence-corrected chi connectivity index (χ2v) is 3.96. The van der Waals surface area contributed by atoms with E-state index in [1.54, 1.807) is 6.07 Å². The average Bonchev–Trinajstić information content (AvgIpc) is 2.31. The zero-order valence-corrected chi connectivity index (χ0v) is 10.7. The molecule has 4 heteroatoms. The van der Waals surface area contributed by atoms with Crippen LogP contribution in [0, 0.1) is 5.82 Å². The Balaban J connectivity index is 2.94. The Labute approximate surface area is 102 Å². The van der Waals surface area contributed by atoms with Crippen molar-refractivity contribution in [2.45, 2.75) is 39.7 Å². The number of halogens is 1. The van der Waals surface area contributed by atoms with Gasteiger partial charge in [0.05, 0.1) is 18.0 Å². The molecule has 0 saturated carbocycles. The van der Waals surface area contributed by atoms with Crippen LogP contribution in [-0.2, 0) is 0 Å². The molecule has 0 spiro atoms. The second-order valence-electron chi connectivity index (χ2n) is 3.96. The van der Waals surface area contributed by atoms with Crippen LogP contribution in [0.25, 0.3) is 0 Å². The van der Waals surface area contributed by atoms with E-state index in [1.165, 1.54) is 6.07 Å². The molecule has 96 valence electrons. The highest BCUT2D eigenvalue weighted by Crippen LogP contribution is 2.29. The molecule has 3 nitrogen and oxygen atoms in total. The number of anilines is 2. The number of nitrogens with one attached hydrogen (secondary N) is 1. The molecule has 0 saturated heterocycles. The smallest absolute Gasteiger partial charge is 0.167 e. The maximum Gasteiger partial charge on any atom is 0.167 e. The van der Waals surface area contributed by atoms with Gasteiger partial charge in [-0.05, 0) is 19.8 Å². The Bertz CT molecular complexity index is 365. The highest BCUT2D eigenvalue weighted by molar-refractivity contribution is 5.69. The van der Waals surface area contributed by atoms with Crippen molar-refractivity contribution < 1.29 is 9.13 Å². The van der Waals surface area contributed by atoms with Gasteiger partial charge in [-0.25, -0.2) is 4.39 Å². The summed E-state index contributed by atoms with van der Waals surface area (Å²) < 4.78 is 18.7. The highest BCUT2D eigenvalue weighted by Gasteiger charge is 2.11. The van der Waals surface area contributed by atoms with Crippen LogP contribution in [0.3, 0.4) is 0 Å². The minimum Gasteiger partial charge on any atom is -0.491 e. The molecule has 0 amide bonds. The van der Waals surface area contributed by atoms with Crippen LogP contribution in [0.2, 0.25) is 0 Å². The summed E-state index contributed by atoms with van der Waals surface area (Å²) in [6.07, 6.45) is 1.99. The van der Waals surface area contributed by atoms with Crippen molar-refractivity contribution in [1.29, 1.82) is 0 Å². The number of nitrogen functional groups attached to an aromatic ring is 1. The summed E-state index contributed by atoms with van der Waals surface area (Å²) in [4.78, 5) is 0. The van der Waals surface area contributed by atoms with E-state index in [-0.39, 0.29) is 5.75 Å². The fraction of sp³-hybridized carbons (Fsp3) is 0.538. The Morgan fingerprint density at radius 2 is 1.94 bits per heavy atom. The van der Waals surface area contributed by atoms with Crippen molar-refractivity contribution in [2.75, 3.05) is 17.7 Å². The van der Waals surface area contributed by atoms with Crippen molar-refractivity contribution >= 4 is 11.4 Å². The largest absolute Gasteiger partial charge is 0.491 e. The predicted molar refractivity (Wildman–Crippen MR) is 70.0 cm³/mol. The fourth-order valence-electron chi connectivity index (χ4n) is 1.67. The first-order valence-electron chi connectivity index (χ1n) is 6.10. The molecule has 0 atom stereocenters. The molecule has 0 unspecified atom stereocenters. The van der Waals surface area contributed by atoms with Crippen LogP contribution >= 0.6 is 0 Å². The first-order chi connectivity index (χ1) is 8.12. The van der Waals surface area contributed by atoms with Gasteiger partial charge < -0.3 is 15.8 Å². The summed E-state index contributed by atoms with van der Waals surface area (Å²) in [5, 5.41) is 3.30. The lowest BCUT2D eigenvalue weighted by molar-refractivity contribution is 0.322. The van der Waals surface area contributed by atoms with Gasteiger partial charge in [-0.2, -0.15) is 0 Å². The van der Waals surface area contributed by atoms with Crippen molar-refractivity contribution in [3.05, 3.63) is 17.9 Å². The maximum absolute atomic E-state index is 13.5. The average molecular weight is 240 g/mol. The lowest BCUT2D eigenvalue weighted by Crippen LogP contribution is -2.18. The van der Waals surface area contributed by atoms with E-state index in [2.05, 4.69) is 19.2 Å². The molecule has 0 aliphatic carbocycles. The van der Waals surface area contributed by atoms with Gasteiger partial charge in [-0.15, -0.1) is 0 Å². The number of hydrogen-bond donors (Lipinski definition) is 2. The van der Waals surface area contributed by atoms with E-state index in [1.807, 2.05) is 6.92 Å². The monoisotopic (exact) mass is 240 g/mol. The maximum atomic E-state index is 13.5. The number of benzene rings is 1. The van der Waals surface area contributed by atoms with Gasteiger partial charge in [0.25, 0.3) is 0 Å². The summed E-state index contributed by atoms with van der Waals surface area (Å²) in [6, 6.07) is 3.28. The minimum absolute atomic E-state index is 0.246. The molecule has 0 radical (unpaired) electrons. The van der Waals surface area contributed by atoms with Gasteiger partial charge in [0.2, 0.25) is 0 Å². The molecule has 17 heavy (non-hydrogen) atoms. The third-order valence-corrected chi connectivity index (χ3v) is 2.75. The number of ether oxygens (including phenoxy) is 1. The van der Waals surface area contributed by atoms with E-state index >= 15 is 0 Å². The Hall–Kier alpha value is -1.45. The topological polar surface area (TPSA) is 47.3 Å². The van der Waals surface area contributed by atoms with Crippen LogP contribution in [0.1, 0.15) is 33.6 Å². The third-order valence-electron chi connectivity index (χ3n) is 2.75. The molecule has 0 aromatic heterocycles. The molecule has 0 aliphatic heterocycles. The lowest BCUT2D eigenvalue weighted by atomic mass is 10.1. The van der Waals surface area contributed by atoms with Crippen molar-refractivity contribution in [3.63, 3.8) is 0 Å². The first kappa shape index (κ1) is 13.6. The Morgan fingerprint density at radius 3 is 2.47 bits per heavy atom. The normalized spacial score (nSPS) is 10.6. The van der Waals surface area contributed by atoms with E-state index in [9.17, 15) is 4.39 Å². The van der Waals surface area contributed by atoms with Gasteiger partial charge in [0.1, 0.15) is 0 Å². The summed E-state index contributed by atoms with van der Waals surface area (Å²) in [5.41, 5.74) is 6.94. The summed E-state index contributed by atoms with van der Waals surface area (Å²) in [7, 11) is 0. The molecular weight excluding hydrogens is 219 g/mol. The standard InChI is InChI=1S/C13H21FN2O/c1-4-9(5-2)16-12-8-13(17-6-3)10(14)7-11(12)15/h7-9,16H,4-6,15H2,1-3H3.